The van der Waals surface area contributed by atoms with Gasteiger partial charge in [-0.25, -0.2) is 15.0 Å². The normalized spacial score (nSPS) is 11.6. The van der Waals surface area contributed by atoms with Crippen LogP contribution in [0, 0.1) is 0 Å². The summed E-state index contributed by atoms with van der Waals surface area (Å²) in [5, 5.41) is 3.82. The lowest BCUT2D eigenvalue weighted by Crippen LogP contribution is -2.12. The number of rotatable bonds is 3. The number of alkyl halides is 3. The lowest BCUT2D eigenvalue weighted by molar-refractivity contribution is -0.141. The molecule has 0 saturated heterocycles. The van der Waals surface area contributed by atoms with Gasteiger partial charge < -0.3 is 11.1 Å². The van der Waals surface area contributed by atoms with Gasteiger partial charge in [-0.15, -0.1) is 0 Å². The SMILES string of the molecule is Nc1cc(NCc2nccc(C(F)(F)F)n2)c2ccccc2n1. The first-order chi connectivity index (χ1) is 10.9. The Hall–Kier alpha value is -2.90. The third kappa shape index (κ3) is 3.31. The third-order valence-corrected chi connectivity index (χ3v) is 3.17. The fourth-order valence-electron chi connectivity index (χ4n) is 2.16. The number of nitrogens with two attached hydrogens (primary N) is 1. The van der Waals surface area contributed by atoms with Gasteiger partial charge >= 0.3 is 6.18 Å². The molecule has 0 unspecified atom stereocenters. The van der Waals surface area contributed by atoms with Crippen molar-refractivity contribution in [3.63, 3.8) is 0 Å². The van der Waals surface area contributed by atoms with Gasteiger partial charge in [0.2, 0.25) is 0 Å². The van der Waals surface area contributed by atoms with Crippen LogP contribution in [0.5, 0.6) is 0 Å². The van der Waals surface area contributed by atoms with Gasteiger partial charge in [-0.05, 0) is 12.1 Å². The predicted molar refractivity (Wildman–Crippen MR) is 80.5 cm³/mol. The molecule has 2 heterocycles. The van der Waals surface area contributed by atoms with E-state index in [1.165, 1.54) is 0 Å². The molecule has 0 spiro atoms. The molecule has 118 valence electrons. The molecular formula is C15H12F3N5. The summed E-state index contributed by atoms with van der Waals surface area (Å²) in [5.74, 6) is 0.357. The van der Waals surface area contributed by atoms with Gasteiger partial charge in [0.15, 0.2) is 0 Å². The highest BCUT2D eigenvalue weighted by molar-refractivity contribution is 5.92. The van der Waals surface area contributed by atoms with E-state index in [2.05, 4.69) is 20.3 Å². The molecule has 0 aliphatic heterocycles. The molecule has 2 aromatic heterocycles. The summed E-state index contributed by atoms with van der Waals surface area (Å²) in [7, 11) is 0. The molecule has 0 aliphatic carbocycles. The second-order valence-corrected chi connectivity index (χ2v) is 4.82. The van der Waals surface area contributed by atoms with Crippen molar-refractivity contribution in [3.05, 3.63) is 54.1 Å². The highest BCUT2D eigenvalue weighted by Crippen LogP contribution is 2.27. The Bertz CT molecular complexity index is 848. The number of pyridine rings is 1. The Kier molecular flexibility index (Phi) is 3.73. The van der Waals surface area contributed by atoms with Crippen molar-refractivity contribution in [1.82, 2.24) is 15.0 Å². The van der Waals surface area contributed by atoms with Crippen LogP contribution in [0.1, 0.15) is 11.5 Å². The molecule has 0 atom stereocenters. The van der Waals surface area contributed by atoms with Gasteiger partial charge in [-0.3, -0.25) is 0 Å². The van der Waals surface area contributed by atoms with Crippen LogP contribution >= 0.6 is 0 Å². The summed E-state index contributed by atoms with van der Waals surface area (Å²) in [4.78, 5) is 11.6. The van der Waals surface area contributed by atoms with Crippen molar-refractivity contribution in [1.29, 1.82) is 0 Å². The highest BCUT2D eigenvalue weighted by atomic mass is 19.4. The molecule has 5 nitrogen and oxygen atoms in total. The maximum atomic E-state index is 12.7. The van der Waals surface area contributed by atoms with Crippen LogP contribution in [0.15, 0.2) is 42.6 Å². The van der Waals surface area contributed by atoms with Crippen molar-refractivity contribution in [3.8, 4) is 0 Å². The summed E-state index contributed by atoms with van der Waals surface area (Å²) in [6, 6.07) is 9.77. The average molecular weight is 319 g/mol. The minimum Gasteiger partial charge on any atom is -0.384 e. The fraction of sp³-hybridized carbons (Fsp3) is 0.133. The van der Waals surface area contributed by atoms with E-state index < -0.39 is 11.9 Å². The number of halogens is 3. The van der Waals surface area contributed by atoms with Crippen LogP contribution in [0.25, 0.3) is 10.9 Å². The number of benzene rings is 1. The molecular weight excluding hydrogens is 307 g/mol. The first kappa shape index (κ1) is 15.0. The Morgan fingerprint density at radius 2 is 1.87 bits per heavy atom. The van der Waals surface area contributed by atoms with Crippen molar-refractivity contribution in [2.75, 3.05) is 11.1 Å². The summed E-state index contributed by atoms with van der Waals surface area (Å²) in [5.41, 5.74) is 6.13. The quantitative estimate of drug-likeness (QED) is 0.775. The molecule has 0 bridgehead atoms. The first-order valence-electron chi connectivity index (χ1n) is 6.72. The lowest BCUT2D eigenvalue weighted by Gasteiger charge is -2.11. The zero-order chi connectivity index (χ0) is 16.4. The fourth-order valence-corrected chi connectivity index (χ4v) is 2.16. The van der Waals surface area contributed by atoms with Crippen molar-refractivity contribution < 1.29 is 13.2 Å². The van der Waals surface area contributed by atoms with Gasteiger partial charge in [0.25, 0.3) is 0 Å². The Morgan fingerprint density at radius 3 is 2.65 bits per heavy atom. The average Bonchev–Trinajstić information content (AvgIpc) is 2.52. The van der Waals surface area contributed by atoms with E-state index in [-0.39, 0.29) is 12.4 Å². The van der Waals surface area contributed by atoms with Crippen LogP contribution in [-0.2, 0) is 12.7 Å². The summed E-state index contributed by atoms with van der Waals surface area (Å²) in [6.45, 7) is 0.0391. The highest BCUT2D eigenvalue weighted by Gasteiger charge is 2.32. The Labute approximate surface area is 129 Å². The van der Waals surface area contributed by atoms with Gasteiger partial charge in [-0.2, -0.15) is 13.2 Å². The number of nitrogens with zero attached hydrogens (tertiary/aromatic N) is 3. The Morgan fingerprint density at radius 1 is 1.09 bits per heavy atom. The molecule has 3 rings (SSSR count). The monoisotopic (exact) mass is 319 g/mol. The summed E-state index contributed by atoms with van der Waals surface area (Å²) < 4.78 is 38.0. The van der Waals surface area contributed by atoms with Crippen molar-refractivity contribution in [2.45, 2.75) is 12.7 Å². The van der Waals surface area contributed by atoms with Gasteiger partial charge in [0.1, 0.15) is 17.3 Å². The molecule has 3 N–H and O–H groups in total. The molecule has 23 heavy (non-hydrogen) atoms. The molecule has 0 saturated carbocycles. The molecule has 0 radical (unpaired) electrons. The van der Waals surface area contributed by atoms with E-state index in [9.17, 15) is 13.2 Å². The number of nitrogen functional groups attached to an aromatic ring is 1. The van der Waals surface area contributed by atoms with E-state index in [1.807, 2.05) is 18.2 Å². The smallest absolute Gasteiger partial charge is 0.384 e. The number of anilines is 2. The number of hydrogen-bond donors (Lipinski definition) is 2. The van der Waals surface area contributed by atoms with Crippen LogP contribution in [0.4, 0.5) is 24.7 Å². The predicted octanol–water partition coefficient (Wildman–Crippen LogP) is 3.24. The second-order valence-electron chi connectivity index (χ2n) is 4.82. The van der Waals surface area contributed by atoms with Crippen LogP contribution in [0.3, 0.4) is 0 Å². The molecule has 3 aromatic rings. The van der Waals surface area contributed by atoms with Crippen LogP contribution in [0.2, 0.25) is 0 Å². The number of fused-ring (bicyclic) bond motifs is 1. The van der Waals surface area contributed by atoms with E-state index in [4.69, 9.17) is 5.73 Å². The largest absolute Gasteiger partial charge is 0.433 e. The second kappa shape index (κ2) is 5.71. The van der Waals surface area contributed by atoms with Crippen molar-refractivity contribution in [2.24, 2.45) is 0 Å². The van der Waals surface area contributed by atoms with Gasteiger partial charge in [-0.1, -0.05) is 18.2 Å². The van der Waals surface area contributed by atoms with Crippen LogP contribution in [-0.4, -0.2) is 15.0 Å². The molecule has 8 heteroatoms. The number of hydrogen-bond acceptors (Lipinski definition) is 5. The van der Waals surface area contributed by atoms with E-state index in [1.54, 1.807) is 12.1 Å². The third-order valence-electron chi connectivity index (χ3n) is 3.17. The van der Waals surface area contributed by atoms with Crippen molar-refractivity contribution >= 4 is 22.4 Å². The number of para-hydroxylation sites is 1. The maximum Gasteiger partial charge on any atom is 0.433 e. The molecule has 0 aliphatic rings. The van der Waals surface area contributed by atoms with Crippen LogP contribution < -0.4 is 11.1 Å². The first-order valence-corrected chi connectivity index (χ1v) is 6.72. The number of nitrogens with one attached hydrogen (secondary N) is 1. The maximum absolute atomic E-state index is 12.7. The minimum absolute atomic E-state index is 0.0391. The topological polar surface area (TPSA) is 76.7 Å². The standard InChI is InChI=1S/C15H12F3N5/c16-15(17,18)12-5-6-20-14(23-12)8-21-11-7-13(19)22-10-4-2-1-3-9(10)11/h1-7H,8H2,(H3,19,21,22). The van der Waals surface area contributed by atoms with E-state index in [0.717, 1.165) is 17.6 Å². The molecule has 0 fully saturated rings. The molecule has 0 amide bonds. The number of aromatic nitrogens is 3. The van der Waals surface area contributed by atoms with Gasteiger partial charge in [0, 0.05) is 23.3 Å². The summed E-state index contributed by atoms with van der Waals surface area (Å²) >= 11 is 0. The lowest BCUT2D eigenvalue weighted by atomic mass is 10.2. The summed E-state index contributed by atoms with van der Waals surface area (Å²) in [6.07, 6.45) is -3.41. The molecule has 1 aromatic carbocycles. The zero-order valence-electron chi connectivity index (χ0n) is 11.8. The zero-order valence-corrected chi connectivity index (χ0v) is 11.8. The van der Waals surface area contributed by atoms with E-state index in [0.29, 0.717) is 17.0 Å². The minimum atomic E-state index is -4.49. The van der Waals surface area contributed by atoms with E-state index >= 15 is 0 Å². The van der Waals surface area contributed by atoms with Gasteiger partial charge in [0.05, 0.1) is 12.1 Å². The Balaban J connectivity index is 1.87.